The molecule has 2 aromatic rings. The Bertz CT molecular complexity index is 646. The van der Waals surface area contributed by atoms with Gasteiger partial charge in [-0.25, -0.2) is 4.98 Å². The molecular weight excluding hydrogens is 298 g/mol. The molecule has 1 aliphatic heterocycles. The van der Waals surface area contributed by atoms with Crippen LogP contribution in [0.4, 0.5) is 5.69 Å². The van der Waals surface area contributed by atoms with Crippen molar-refractivity contribution < 1.29 is 9.53 Å². The molecule has 0 bridgehead atoms. The normalized spacial score (nSPS) is 13.5. The highest BCUT2D eigenvalue weighted by atomic mass is 32.1. The summed E-state index contributed by atoms with van der Waals surface area (Å²) in [7, 11) is 0. The van der Waals surface area contributed by atoms with Gasteiger partial charge in [-0.3, -0.25) is 4.79 Å². The summed E-state index contributed by atoms with van der Waals surface area (Å²) in [4.78, 5) is 18.1. The number of rotatable bonds is 5. The summed E-state index contributed by atoms with van der Waals surface area (Å²) in [5, 5.41) is 7.11. The number of benzene rings is 1. The third kappa shape index (κ3) is 3.45. The molecule has 6 heteroatoms. The summed E-state index contributed by atoms with van der Waals surface area (Å²) in [6.45, 7) is 4.32. The van der Waals surface area contributed by atoms with E-state index >= 15 is 0 Å². The Morgan fingerprint density at radius 1 is 1.45 bits per heavy atom. The van der Waals surface area contributed by atoms with Gasteiger partial charge in [0, 0.05) is 24.4 Å². The maximum absolute atomic E-state index is 12.2. The van der Waals surface area contributed by atoms with Crippen LogP contribution in [-0.2, 0) is 24.2 Å². The Morgan fingerprint density at radius 2 is 2.32 bits per heavy atom. The van der Waals surface area contributed by atoms with Crippen molar-refractivity contribution in [3.05, 3.63) is 39.8 Å². The number of hydrogen-bond donors (Lipinski definition) is 2. The number of anilines is 1. The van der Waals surface area contributed by atoms with Crippen LogP contribution in [0.15, 0.2) is 24.3 Å². The van der Waals surface area contributed by atoms with E-state index < -0.39 is 0 Å². The van der Waals surface area contributed by atoms with Crippen LogP contribution in [0.1, 0.15) is 22.5 Å². The first-order valence-corrected chi connectivity index (χ1v) is 8.27. The Kier molecular flexibility index (Phi) is 4.70. The van der Waals surface area contributed by atoms with Crippen molar-refractivity contribution in [1.29, 1.82) is 0 Å². The largest absolute Gasteiger partial charge is 0.492 e. The number of aromatic nitrogens is 1. The van der Waals surface area contributed by atoms with Crippen LogP contribution in [0.3, 0.4) is 0 Å². The van der Waals surface area contributed by atoms with E-state index in [2.05, 4.69) is 15.6 Å². The lowest BCUT2D eigenvalue weighted by atomic mass is 10.2. The maximum atomic E-state index is 12.2. The van der Waals surface area contributed by atoms with E-state index in [1.54, 1.807) is 11.3 Å². The lowest BCUT2D eigenvalue weighted by molar-refractivity contribution is -0.115. The molecule has 116 valence electrons. The summed E-state index contributed by atoms with van der Waals surface area (Å²) in [6, 6.07) is 7.47. The molecular formula is C16H19N3O2S. The zero-order valence-electron chi connectivity index (χ0n) is 12.5. The predicted molar refractivity (Wildman–Crippen MR) is 87.5 cm³/mol. The first-order chi connectivity index (χ1) is 10.8. The lowest BCUT2D eigenvalue weighted by Gasteiger charge is -2.10. The van der Waals surface area contributed by atoms with Gasteiger partial charge in [0.2, 0.25) is 5.91 Å². The zero-order chi connectivity index (χ0) is 15.4. The predicted octanol–water partition coefficient (Wildman–Crippen LogP) is 2.37. The minimum Gasteiger partial charge on any atom is -0.492 e. The third-order valence-electron chi connectivity index (χ3n) is 3.42. The Labute approximate surface area is 133 Å². The molecule has 0 saturated heterocycles. The van der Waals surface area contributed by atoms with Gasteiger partial charge in [0.25, 0.3) is 0 Å². The summed E-state index contributed by atoms with van der Waals surface area (Å²) in [5.74, 6) is 0.632. The van der Waals surface area contributed by atoms with Crippen LogP contribution in [0, 0.1) is 0 Å². The van der Waals surface area contributed by atoms with Gasteiger partial charge in [-0.15, -0.1) is 11.3 Å². The van der Waals surface area contributed by atoms with E-state index in [1.807, 2.05) is 31.2 Å². The molecule has 0 unspecified atom stereocenters. The zero-order valence-corrected chi connectivity index (χ0v) is 13.3. The van der Waals surface area contributed by atoms with Crippen molar-refractivity contribution in [2.24, 2.45) is 0 Å². The Morgan fingerprint density at radius 3 is 3.14 bits per heavy atom. The highest BCUT2D eigenvalue weighted by Gasteiger charge is 2.17. The standard InChI is InChI=1S/C16H19N3O2S/c1-2-21-13-6-4-3-5-11(13)18-15(20)9-16-19-12-7-8-17-10-14(12)22-16/h3-6,17H,2,7-10H2,1H3,(H,18,20). The van der Waals surface area contributed by atoms with Crippen LogP contribution >= 0.6 is 11.3 Å². The number of carbonyl (C=O) groups excluding carboxylic acids is 1. The second-order valence-electron chi connectivity index (χ2n) is 5.06. The molecule has 0 spiro atoms. The molecule has 1 aliphatic rings. The summed E-state index contributed by atoms with van der Waals surface area (Å²) in [6.07, 6.45) is 1.25. The van der Waals surface area contributed by atoms with Gasteiger partial charge in [0.05, 0.1) is 24.4 Å². The highest BCUT2D eigenvalue weighted by molar-refractivity contribution is 7.11. The van der Waals surface area contributed by atoms with Gasteiger partial charge in [0.15, 0.2) is 0 Å². The average molecular weight is 317 g/mol. The van der Waals surface area contributed by atoms with E-state index in [4.69, 9.17) is 4.74 Å². The van der Waals surface area contributed by atoms with E-state index in [1.165, 1.54) is 4.88 Å². The molecule has 1 aromatic heterocycles. The number of carbonyl (C=O) groups is 1. The second kappa shape index (κ2) is 6.89. The quantitative estimate of drug-likeness (QED) is 0.889. The number of para-hydroxylation sites is 2. The fraction of sp³-hybridized carbons (Fsp3) is 0.375. The van der Waals surface area contributed by atoms with Crippen molar-refractivity contribution in [3.63, 3.8) is 0 Å². The fourth-order valence-corrected chi connectivity index (χ4v) is 3.52. The van der Waals surface area contributed by atoms with Crippen LogP contribution in [-0.4, -0.2) is 24.0 Å². The van der Waals surface area contributed by atoms with Crippen LogP contribution < -0.4 is 15.4 Å². The number of hydrogen-bond acceptors (Lipinski definition) is 5. The lowest BCUT2D eigenvalue weighted by Crippen LogP contribution is -2.22. The monoisotopic (exact) mass is 317 g/mol. The van der Waals surface area contributed by atoms with Gasteiger partial charge in [-0.05, 0) is 19.1 Å². The molecule has 0 aliphatic carbocycles. The molecule has 5 nitrogen and oxygen atoms in total. The van der Waals surface area contributed by atoms with Crippen molar-refractivity contribution in [2.45, 2.75) is 26.3 Å². The van der Waals surface area contributed by atoms with Crippen molar-refractivity contribution in [2.75, 3.05) is 18.5 Å². The molecule has 0 saturated carbocycles. The number of ether oxygens (including phenoxy) is 1. The van der Waals surface area contributed by atoms with Crippen molar-refractivity contribution >= 4 is 22.9 Å². The van der Waals surface area contributed by atoms with Gasteiger partial charge in [-0.2, -0.15) is 0 Å². The molecule has 22 heavy (non-hydrogen) atoms. The first kappa shape index (κ1) is 15.0. The maximum Gasteiger partial charge on any atom is 0.231 e. The SMILES string of the molecule is CCOc1ccccc1NC(=O)Cc1nc2c(s1)CNCC2. The summed E-state index contributed by atoms with van der Waals surface area (Å²) >= 11 is 1.62. The molecule has 3 rings (SSSR count). The Balaban J connectivity index is 1.66. The van der Waals surface area contributed by atoms with Crippen LogP contribution in [0.5, 0.6) is 5.75 Å². The van der Waals surface area contributed by atoms with Gasteiger partial charge < -0.3 is 15.4 Å². The topological polar surface area (TPSA) is 63.2 Å². The fourth-order valence-electron chi connectivity index (χ4n) is 2.44. The molecule has 0 atom stereocenters. The molecule has 0 fully saturated rings. The number of thiazole rings is 1. The number of nitrogens with one attached hydrogen (secondary N) is 2. The van der Waals surface area contributed by atoms with Crippen LogP contribution in [0.25, 0.3) is 0 Å². The van der Waals surface area contributed by atoms with Crippen molar-refractivity contribution in [3.8, 4) is 5.75 Å². The Hall–Kier alpha value is -1.92. The minimum atomic E-state index is -0.0637. The summed E-state index contributed by atoms with van der Waals surface area (Å²) in [5.41, 5.74) is 1.85. The van der Waals surface area contributed by atoms with E-state index in [0.29, 0.717) is 24.5 Å². The minimum absolute atomic E-state index is 0.0637. The van der Waals surface area contributed by atoms with Gasteiger partial charge in [0.1, 0.15) is 10.8 Å². The average Bonchev–Trinajstić information content (AvgIpc) is 2.91. The van der Waals surface area contributed by atoms with Gasteiger partial charge in [-0.1, -0.05) is 12.1 Å². The van der Waals surface area contributed by atoms with E-state index in [-0.39, 0.29) is 5.91 Å². The van der Waals surface area contributed by atoms with Crippen molar-refractivity contribution in [1.82, 2.24) is 10.3 Å². The number of amides is 1. The highest BCUT2D eigenvalue weighted by Crippen LogP contribution is 2.25. The first-order valence-electron chi connectivity index (χ1n) is 7.46. The van der Waals surface area contributed by atoms with E-state index in [0.717, 1.165) is 30.2 Å². The van der Waals surface area contributed by atoms with Crippen LogP contribution in [0.2, 0.25) is 0 Å². The smallest absolute Gasteiger partial charge is 0.231 e. The molecule has 2 heterocycles. The van der Waals surface area contributed by atoms with E-state index in [9.17, 15) is 4.79 Å². The second-order valence-corrected chi connectivity index (χ2v) is 6.23. The molecule has 1 amide bonds. The number of fused-ring (bicyclic) bond motifs is 1. The molecule has 1 aromatic carbocycles. The molecule has 2 N–H and O–H groups in total. The number of nitrogens with zero attached hydrogens (tertiary/aromatic N) is 1. The molecule has 0 radical (unpaired) electrons. The van der Waals surface area contributed by atoms with Gasteiger partial charge >= 0.3 is 0 Å². The third-order valence-corrected chi connectivity index (χ3v) is 4.52. The summed E-state index contributed by atoms with van der Waals surface area (Å²) < 4.78 is 5.52.